The van der Waals surface area contributed by atoms with Crippen LogP contribution in [0.15, 0.2) is 24.3 Å². The number of methoxy groups -OCH3 is 1. The predicted molar refractivity (Wildman–Crippen MR) is 99.7 cm³/mol. The molecule has 0 saturated heterocycles. The van der Waals surface area contributed by atoms with E-state index in [0.717, 1.165) is 10.9 Å². The molecular formula is C20H20N2O5. The van der Waals surface area contributed by atoms with E-state index in [1.807, 2.05) is 6.07 Å². The lowest BCUT2D eigenvalue weighted by molar-refractivity contribution is 0.0468. The third-order valence-corrected chi connectivity index (χ3v) is 4.45. The van der Waals surface area contributed by atoms with E-state index in [0.29, 0.717) is 22.6 Å². The summed E-state index contributed by atoms with van der Waals surface area (Å²) in [6.07, 6.45) is 0. The van der Waals surface area contributed by atoms with Crippen molar-refractivity contribution in [1.82, 2.24) is 9.97 Å². The van der Waals surface area contributed by atoms with Gasteiger partial charge in [-0.05, 0) is 44.5 Å². The molecule has 0 atom stereocenters. The molecule has 140 valence electrons. The lowest BCUT2D eigenvalue weighted by Gasteiger charge is -2.03. The highest BCUT2D eigenvalue weighted by Gasteiger charge is 2.21. The number of carbonyl (C=O) groups excluding carboxylic acids is 3. The van der Waals surface area contributed by atoms with Crippen LogP contribution in [0.2, 0.25) is 0 Å². The van der Waals surface area contributed by atoms with E-state index in [4.69, 9.17) is 9.47 Å². The van der Waals surface area contributed by atoms with E-state index in [2.05, 4.69) is 9.97 Å². The van der Waals surface area contributed by atoms with Crippen LogP contribution in [0.3, 0.4) is 0 Å². The zero-order chi connectivity index (χ0) is 19.7. The van der Waals surface area contributed by atoms with E-state index < -0.39 is 18.4 Å². The fraction of sp³-hybridized carbons (Fsp3) is 0.250. The molecule has 27 heavy (non-hydrogen) atoms. The summed E-state index contributed by atoms with van der Waals surface area (Å²) in [7, 11) is 1.56. The Morgan fingerprint density at radius 1 is 1.07 bits per heavy atom. The number of aryl methyl sites for hydroxylation is 1. The maximum absolute atomic E-state index is 12.4. The molecule has 0 amide bonds. The van der Waals surface area contributed by atoms with Crippen LogP contribution in [0.1, 0.15) is 49.5 Å². The minimum absolute atomic E-state index is 0.120. The van der Waals surface area contributed by atoms with Gasteiger partial charge in [0.25, 0.3) is 0 Å². The normalized spacial score (nSPS) is 10.8. The van der Waals surface area contributed by atoms with E-state index in [1.165, 1.54) is 6.92 Å². The lowest BCUT2D eigenvalue weighted by atomic mass is 10.1. The number of ether oxygens (including phenoxy) is 2. The molecular weight excluding hydrogens is 348 g/mol. The summed E-state index contributed by atoms with van der Waals surface area (Å²) in [5.74, 6) is -0.482. The van der Waals surface area contributed by atoms with Crippen molar-refractivity contribution in [3.63, 3.8) is 0 Å². The highest BCUT2D eigenvalue weighted by molar-refractivity contribution is 6.04. The van der Waals surface area contributed by atoms with E-state index in [9.17, 15) is 14.4 Å². The van der Waals surface area contributed by atoms with Crippen molar-refractivity contribution in [2.24, 2.45) is 0 Å². The molecule has 2 N–H and O–H groups in total. The van der Waals surface area contributed by atoms with Crippen LogP contribution in [0.25, 0.3) is 10.9 Å². The number of nitrogens with one attached hydrogen (secondary N) is 2. The Morgan fingerprint density at radius 2 is 1.81 bits per heavy atom. The zero-order valence-electron chi connectivity index (χ0n) is 15.6. The number of hydrogen-bond donors (Lipinski definition) is 2. The van der Waals surface area contributed by atoms with Crippen LogP contribution >= 0.6 is 0 Å². The van der Waals surface area contributed by atoms with Gasteiger partial charge in [0.2, 0.25) is 5.78 Å². The predicted octanol–water partition coefficient (Wildman–Crippen LogP) is 3.36. The number of carbonyl (C=O) groups is 3. The zero-order valence-corrected chi connectivity index (χ0v) is 15.6. The molecule has 0 fully saturated rings. The van der Waals surface area contributed by atoms with Gasteiger partial charge in [-0.1, -0.05) is 0 Å². The Balaban J connectivity index is 1.73. The largest absolute Gasteiger partial charge is 0.497 e. The smallest absolute Gasteiger partial charge is 0.355 e. The summed E-state index contributed by atoms with van der Waals surface area (Å²) >= 11 is 0. The van der Waals surface area contributed by atoms with Crippen molar-refractivity contribution in [2.75, 3.05) is 13.7 Å². The van der Waals surface area contributed by atoms with Crippen LogP contribution in [0, 0.1) is 13.8 Å². The van der Waals surface area contributed by atoms with Crippen molar-refractivity contribution in [3.05, 3.63) is 52.5 Å². The number of aromatic amines is 2. The average molecular weight is 368 g/mol. The number of fused-ring (bicyclic) bond motifs is 1. The maximum Gasteiger partial charge on any atom is 0.355 e. The first-order valence-electron chi connectivity index (χ1n) is 8.39. The number of H-pyrrole nitrogens is 2. The Kier molecular flexibility index (Phi) is 4.85. The van der Waals surface area contributed by atoms with Gasteiger partial charge in [0, 0.05) is 28.2 Å². The molecule has 0 radical (unpaired) electrons. The second-order valence-corrected chi connectivity index (χ2v) is 6.32. The fourth-order valence-corrected chi connectivity index (χ4v) is 3.18. The molecule has 3 rings (SSSR count). The van der Waals surface area contributed by atoms with Crippen LogP contribution in [0.5, 0.6) is 5.75 Å². The van der Waals surface area contributed by atoms with Gasteiger partial charge < -0.3 is 19.4 Å². The minimum atomic E-state index is -0.633. The Hall–Kier alpha value is -3.35. The molecule has 0 spiro atoms. The number of ketones is 2. The van der Waals surface area contributed by atoms with Crippen LogP contribution in [-0.2, 0) is 4.74 Å². The molecule has 0 unspecified atom stereocenters. The average Bonchev–Trinajstić information content (AvgIpc) is 3.19. The molecule has 1 aromatic carbocycles. The topological polar surface area (TPSA) is 101 Å². The molecule has 3 aromatic rings. The second kappa shape index (κ2) is 7.11. The monoisotopic (exact) mass is 368 g/mol. The van der Waals surface area contributed by atoms with E-state index >= 15 is 0 Å². The first-order chi connectivity index (χ1) is 12.8. The van der Waals surface area contributed by atoms with Gasteiger partial charge >= 0.3 is 5.97 Å². The van der Waals surface area contributed by atoms with Gasteiger partial charge in [-0.2, -0.15) is 0 Å². The Labute approximate surface area is 155 Å². The van der Waals surface area contributed by atoms with Crippen molar-refractivity contribution in [3.8, 4) is 5.75 Å². The third-order valence-electron chi connectivity index (χ3n) is 4.45. The molecule has 0 aliphatic carbocycles. The first-order valence-corrected chi connectivity index (χ1v) is 8.39. The molecule has 0 aliphatic heterocycles. The molecule has 2 aromatic heterocycles. The standard InChI is InChI=1S/C20H20N2O5/c1-10-18(12(3)23)11(2)21-19(10)17(24)9-27-20(25)16-7-13-5-6-14(26-4)8-15(13)22-16/h5-8,21-22H,9H2,1-4H3. The minimum Gasteiger partial charge on any atom is -0.497 e. The van der Waals surface area contributed by atoms with Crippen LogP contribution in [0.4, 0.5) is 0 Å². The van der Waals surface area contributed by atoms with E-state index in [1.54, 1.807) is 39.2 Å². The molecule has 7 nitrogen and oxygen atoms in total. The SMILES string of the molecule is COc1ccc2cc(C(=O)OCC(=O)c3[nH]c(C)c(C(C)=O)c3C)[nH]c2c1. The molecule has 0 bridgehead atoms. The number of Topliss-reactive ketones (excluding diaryl/α,β-unsaturated/α-hetero) is 2. The van der Waals surface area contributed by atoms with Crippen molar-refractivity contribution in [2.45, 2.75) is 20.8 Å². The summed E-state index contributed by atoms with van der Waals surface area (Å²) < 4.78 is 10.3. The second-order valence-electron chi connectivity index (χ2n) is 6.32. The number of esters is 1. The molecule has 0 saturated carbocycles. The van der Waals surface area contributed by atoms with E-state index in [-0.39, 0.29) is 17.2 Å². The number of rotatable bonds is 6. The Bertz CT molecular complexity index is 1060. The number of benzene rings is 1. The first kappa shape index (κ1) is 18.4. The summed E-state index contributed by atoms with van der Waals surface area (Å²) in [4.78, 5) is 42.2. The summed E-state index contributed by atoms with van der Waals surface area (Å²) in [6, 6.07) is 7.03. The molecule has 7 heteroatoms. The quantitative estimate of drug-likeness (QED) is 0.513. The summed E-state index contributed by atoms with van der Waals surface area (Å²) in [6.45, 7) is 4.45. The maximum atomic E-state index is 12.4. The number of aromatic nitrogens is 2. The van der Waals surface area contributed by atoms with Gasteiger partial charge in [-0.15, -0.1) is 0 Å². The van der Waals surface area contributed by atoms with Gasteiger partial charge in [-0.3, -0.25) is 9.59 Å². The summed E-state index contributed by atoms with van der Waals surface area (Å²) in [5.41, 5.74) is 2.95. The van der Waals surface area contributed by atoms with Gasteiger partial charge in [0.15, 0.2) is 12.4 Å². The highest BCUT2D eigenvalue weighted by Crippen LogP contribution is 2.22. The van der Waals surface area contributed by atoms with Crippen molar-refractivity contribution < 1.29 is 23.9 Å². The summed E-state index contributed by atoms with van der Waals surface area (Å²) in [5, 5.41) is 0.830. The highest BCUT2D eigenvalue weighted by atomic mass is 16.5. The number of hydrogen-bond acceptors (Lipinski definition) is 5. The van der Waals surface area contributed by atoms with Crippen LogP contribution in [-0.4, -0.2) is 41.2 Å². The fourth-order valence-electron chi connectivity index (χ4n) is 3.18. The van der Waals surface area contributed by atoms with Gasteiger partial charge in [-0.25, -0.2) is 4.79 Å². The van der Waals surface area contributed by atoms with Gasteiger partial charge in [0.1, 0.15) is 11.4 Å². The molecule has 0 aliphatic rings. The Morgan fingerprint density at radius 3 is 2.44 bits per heavy atom. The van der Waals surface area contributed by atoms with Gasteiger partial charge in [0.05, 0.1) is 12.8 Å². The van der Waals surface area contributed by atoms with Crippen molar-refractivity contribution in [1.29, 1.82) is 0 Å². The van der Waals surface area contributed by atoms with Crippen LogP contribution < -0.4 is 4.74 Å². The molecule has 2 heterocycles. The third kappa shape index (κ3) is 3.48. The lowest BCUT2D eigenvalue weighted by Crippen LogP contribution is -2.15. The van der Waals surface area contributed by atoms with Crippen molar-refractivity contribution >= 4 is 28.4 Å².